The molecule has 3 heterocycles. The summed E-state index contributed by atoms with van der Waals surface area (Å²) in [5, 5.41) is 4.74. The van der Waals surface area contributed by atoms with Crippen LogP contribution in [0.1, 0.15) is 36.1 Å². The summed E-state index contributed by atoms with van der Waals surface area (Å²) in [5.41, 5.74) is 12.6. The fourth-order valence-electron chi connectivity index (χ4n) is 7.61. The van der Waals surface area contributed by atoms with Gasteiger partial charge in [0.1, 0.15) is 0 Å². The highest BCUT2D eigenvalue weighted by Crippen LogP contribution is 2.36. The third-order valence-corrected chi connectivity index (χ3v) is 10.00. The second kappa shape index (κ2) is 15.1. The molecular weight excluding hydrogens is 657 g/mol. The second-order valence-electron chi connectivity index (χ2n) is 13.2. The van der Waals surface area contributed by atoms with Crippen LogP contribution in [-0.4, -0.2) is 19.1 Å². The van der Waals surface area contributed by atoms with Gasteiger partial charge in [0.05, 0.1) is 22.1 Å². The molecule has 0 unspecified atom stereocenters. The monoisotopic (exact) mass is 698 g/mol. The normalized spacial score (nSPS) is 12.6. The first-order valence-corrected chi connectivity index (χ1v) is 18.7. The van der Waals surface area contributed by atoms with E-state index in [0.717, 1.165) is 57.7 Å². The van der Waals surface area contributed by atoms with Crippen LogP contribution >= 0.6 is 0 Å². The minimum Gasteiger partial charge on any atom is -0.316 e. The van der Waals surface area contributed by atoms with Crippen molar-refractivity contribution in [3.05, 3.63) is 198 Å². The molecule has 0 saturated heterocycles. The predicted octanol–water partition coefficient (Wildman–Crippen LogP) is 10.8. The summed E-state index contributed by atoms with van der Waals surface area (Å²) in [7, 11) is 0. The Morgan fingerprint density at radius 1 is 0.722 bits per heavy atom. The third-order valence-electron chi connectivity index (χ3n) is 10.00. The Hall–Kier alpha value is -6.78. The second-order valence-corrected chi connectivity index (χ2v) is 13.2. The predicted molar refractivity (Wildman–Crippen MR) is 228 cm³/mol. The number of aromatic nitrogens is 4. The van der Waals surface area contributed by atoms with E-state index in [9.17, 15) is 0 Å². The van der Waals surface area contributed by atoms with Crippen molar-refractivity contribution in [2.24, 2.45) is 0 Å². The van der Waals surface area contributed by atoms with Crippen molar-refractivity contribution in [3.8, 4) is 34.0 Å². The number of para-hydroxylation sites is 2. The highest BCUT2D eigenvalue weighted by molar-refractivity contribution is 5.92. The molecule has 0 N–H and O–H groups in total. The van der Waals surface area contributed by atoms with Crippen LogP contribution < -0.4 is 10.6 Å². The lowest BCUT2D eigenvalue weighted by Gasteiger charge is -2.09. The fraction of sp³-hybridized carbons (Fsp3) is 0.0800. The summed E-state index contributed by atoms with van der Waals surface area (Å²) in [6.45, 7) is 12.0. The average molecular weight is 699 g/mol. The van der Waals surface area contributed by atoms with E-state index in [0.29, 0.717) is 0 Å². The Morgan fingerprint density at radius 2 is 1.52 bits per heavy atom. The van der Waals surface area contributed by atoms with Crippen LogP contribution in [0.25, 0.3) is 74.1 Å². The maximum Gasteiger partial charge on any atom is 0.159 e. The van der Waals surface area contributed by atoms with Crippen LogP contribution in [0, 0.1) is 0 Å². The van der Waals surface area contributed by atoms with Gasteiger partial charge in [0, 0.05) is 68.4 Å². The van der Waals surface area contributed by atoms with Crippen molar-refractivity contribution in [1.29, 1.82) is 0 Å². The molecule has 5 aromatic carbocycles. The minimum absolute atomic E-state index is 0.736. The standard InChI is InChI=1S/C48H36N4.C2H6/c1-3-5-15-36-32-51(39-20-13-17-35(30-39)48-49-31-37-29-34-16-9-10-21-40(34)47(37)50-48)44-27-25-33(28-43(36)44)24-26-42-41-22-11-12-23-46(41)52(45(42)14-4-2)38-18-7-6-8-19-38;1-2/h3-23,25-28,30-32H,1-2,24,29H2;1-2H3/b15-5-,42-26-,45-14+;. The molecular formula is C50H42N4. The molecule has 262 valence electrons. The topological polar surface area (TPSA) is 35.6 Å². The molecule has 0 amide bonds. The lowest BCUT2D eigenvalue weighted by atomic mass is 10.1. The molecule has 4 heteroatoms. The van der Waals surface area contributed by atoms with E-state index in [2.05, 4.69) is 168 Å². The van der Waals surface area contributed by atoms with Gasteiger partial charge in [-0.25, -0.2) is 9.97 Å². The van der Waals surface area contributed by atoms with Crippen LogP contribution in [0.3, 0.4) is 0 Å². The smallest absolute Gasteiger partial charge is 0.159 e. The Bertz CT molecular complexity index is 2830. The molecule has 0 aliphatic heterocycles. The van der Waals surface area contributed by atoms with Crippen molar-refractivity contribution in [1.82, 2.24) is 19.1 Å². The van der Waals surface area contributed by atoms with Gasteiger partial charge in [-0.1, -0.05) is 136 Å². The zero-order valence-electron chi connectivity index (χ0n) is 30.8. The number of hydrogen-bond acceptors (Lipinski definition) is 2. The largest absolute Gasteiger partial charge is 0.316 e. The summed E-state index contributed by atoms with van der Waals surface area (Å²) in [4.78, 5) is 9.87. The number of fused-ring (bicyclic) bond motifs is 5. The molecule has 0 spiro atoms. The molecule has 3 aromatic heterocycles. The zero-order chi connectivity index (χ0) is 37.0. The summed E-state index contributed by atoms with van der Waals surface area (Å²) in [6, 6.07) is 43.0. The first-order valence-electron chi connectivity index (χ1n) is 18.7. The van der Waals surface area contributed by atoms with Gasteiger partial charge in [-0.05, 0) is 66.1 Å². The number of hydrogen-bond donors (Lipinski definition) is 0. The quantitative estimate of drug-likeness (QED) is 0.148. The maximum absolute atomic E-state index is 5.06. The minimum atomic E-state index is 0.736. The maximum atomic E-state index is 5.06. The van der Waals surface area contributed by atoms with E-state index in [1.165, 1.54) is 43.8 Å². The summed E-state index contributed by atoms with van der Waals surface area (Å²) in [6.07, 6.45) is 18.2. The molecule has 54 heavy (non-hydrogen) atoms. The van der Waals surface area contributed by atoms with Crippen LogP contribution in [0.4, 0.5) is 0 Å². The van der Waals surface area contributed by atoms with Crippen LogP contribution in [-0.2, 0) is 12.8 Å². The highest BCUT2D eigenvalue weighted by atomic mass is 15.0. The molecule has 8 aromatic rings. The van der Waals surface area contributed by atoms with Crippen molar-refractivity contribution >= 4 is 40.0 Å². The number of benzene rings is 5. The van der Waals surface area contributed by atoms with Gasteiger partial charge < -0.3 is 9.13 Å². The SMILES string of the molecule is C=C/C=C\c1cn(-c2cccc(-c3ncc4c(n3)-c3ccccc3C4)c2)c2ccc(C/C=c3\c(=C/C=C)n(-c4ccccc4)c4ccccc34)cc12.CC. The first kappa shape index (κ1) is 34.3. The molecule has 0 fully saturated rings. The lowest BCUT2D eigenvalue weighted by Crippen LogP contribution is -2.28. The van der Waals surface area contributed by atoms with Crippen molar-refractivity contribution in [2.45, 2.75) is 26.7 Å². The number of nitrogens with zero attached hydrogens (tertiary/aromatic N) is 4. The highest BCUT2D eigenvalue weighted by Gasteiger charge is 2.21. The third kappa shape index (κ3) is 6.22. The van der Waals surface area contributed by atoms with Gasteiger partial charge in [0.2, 0.25) is 0 Å². The molecule has 0 bridgehead atoms. The van der Waals surface area contributed by atoms with Gasteiger partial charge in [-0.3, -0.25) is 0 Å². The van der Waals surface area contributed by atoms with Gasteiger partial charge in [-0.2, -0.15) is 0 Å². The van der Waals surface area contributed by atoms with Gasteiger partial charge in [0.15, 0.2) is 5.82 Å². The van der Waals surface area contributed by atoms with Crippen molar-refractivity contribution in [2.75, 3.05) is 0 Å². The van der Waals surface area contributed by atoms with E-state index >= 15 is 0 Å². The molecule has 0 saturated carbocycles. The van der Waals surface area contributed by atoms with Gasteiger partial charge >= 0.3 is 0 Å². The van der Waals surface area contributed by atoms with Gasteiger partial charge in [-0.15, -0.1) is 0 Å². The molecule has 4 nitrogen and oxygen atoms in total. The molecule has 1 aliphatic rings. The van der Waals surface area contributed by atoms with Crippen LogP contribution in [0.15, 0.2) is 165 Å². The molecule has 1 aliphatic carbocycles. The van der Waals surface area contributed by atoms with E-state index in [4.69, 9.17) is 9.97 Å². The Balaban J connectivity index is 0.00000203. The van der Waals surface area contributed by atoms with Crippen molar-refractivity contribution < 1.29 is 0 Å². The Labute approximate surface area is 316 Å². The van der Waals surface area contributed by atoms with Crippen LogP contribution in [0.2, 0.25) is 0 Å². The number of rotatable bonds is 8. The Morgan fingerprint density at radius 3 is 2.37 bits per heavy atom. The van der Waals surface area contributed by atoms with Gasteiger partial charge in [0.25, 0.3) is 0 Å². The fourth-order valence-corrected chi connectivity index (χ4v) is 7.61. The lowest BCUT2D eigenvalue weighted by molar-refractivity contribution is 1.07. The van der Waals surface area contributed by atoms with E-state index in [-0.39, 0.29) is 0 Å². The van der Waals surface area contributed by atoms with Crippen molar-refractivity contribution in [3.63, 3.8) is 0 Å². The summed E-state index contributed by atoms with van der Waals surface area (Å²) >= 11 is 0. The molecule has 0 atom stereocenters. The van der Waals surface area contributed by atoms with E-state index < -0.39 is 0 Å². The molecule has 9 rings (SSSR count). The average Bonchev–Trinajstić information content (AvgIpc) is 3.89. The molecule has 0 radical (unpaired) electrons. The summed E-state index contributed by atoms with van der Waals surface area (Å²) < 4.78 is 4.59. The van der Waals surface area contributed by atoms with E-state index in [1.807, 2.05) is 38.3 Å². The first-order chi connectivity index (χ1) is 26.7. The van der Waals surface area contributed by atoms with E-state index in [1.54, 1.807) is 0 Å². The number of allylic oxidation sites excluding steroid dienone is 3. The Kier molecular flexibility index (Phi) is 9.57. The van der Waals surface area contributed by atoms with Crippen LogP contribution in [0.5, 0.6) is 0 Å². The summed E-state index contributed by atoms with van der Waals surface area (Å²) in [5.74, 6) is 0.736. The zero-order valence-corrected chi connectivity index (χ0v) is 30.8.